The molecule has 2 fully saturated rings. The number of urea groups is 1. The lowest BCUT2D eigenvalue weighted by molar-refractivity contribution is -0.144. The highest BCUT2D eigenvalue weighted by molar-refractivity contribution is 6.00. The lowest BCUT2D eigenvalue weighted by Gasteiger charge is -2.44. The molecule has 1 aliphatic heterocycles. The van der Waals surface area contributed by atoms with Crippen LogP contribution in [0.3, 0.4) is 0 Å². The summed E-state index contributed by atoms with van der Waals surface area (Å²) in [4.78, 5) is 25.5. The van der Waals surface area contributed by atoms with Crippen molar-refractivity contribution in [3.8, 4) is 0 Å². The molecule has 1 saturated carbocycles. The number of rotatable bonds is 1. The summed E-state index contributed by atoms with van der Waals surface area (Å²) in [5, 5.41) is 2.87. The Balaban J connectivity index is 2.23. The predicted octanol–water partition coefficient (Wildman–Crippen LogP) is 1.90. The van der Waals surface area contributed by atoms with Gasteiger partial charge in [-0.05, 0) is 26.7 Å². The van der Waals surface area contributed by atoms with Crippen LogP contribution in [-0.4, -0.2) is 29.4 Å². The van der Waals surface area contributed by atoms with Crippen LogP contribution in [0.5, 0.6) is 0 Å². The van der Waals surface area contributed by atoms with Gasteiger partial charge < -0.3 is 5.32 Å². The zero-order valence-corrected chi connectivity index (χ0v) is 10.1. The lowest BCUT2D eigenvalue weighted by atomic mass is 9.72. The Hall–Kier alpha value is -1.06. The van der Waals surface area contributed by atoms with Gasteiger partial charge in [0.25, 0.3) is 0 Å². The standard InChI is InChI=1S/C12H20N2O2/c1-9(2)14-10(15)12(8-13-11(14)16)6-4-3-5-7-12/h9H,3-8H2,1-2H3,(H,13,16). The van der Waals surface area contributed by atoms with Gasteiger partial charge >= 0.3 is 6.03 Å². The summed E-state index contributed by atoms with van der Waals surface area (Å²) in [5.74, 6) is 0.0472. The molecule has 0 aromatic rings. The number of carbonyl (C=O) groups is 2. The van der Waals surface area contributed by atoms with E-state index in [2.05, 4.69) is 5.32 Å². The van der Waals surface area contributed by atoms with E-state index in [1.807, 2.05) is 13.8 Å². The van der Waals surface area contributed by atoms with Gasteiger partial charge in [-0.3, -0.25) is 9.69 Å². The molecule has 4 nitrogen and oxygen atoms in total. The fraction of sp³-hybridized carbons (Fsp3) is 0.833. The molecule has 2 rings (SSSR count). The Morgan fingerprint density at radius 3 is 2.38 bits per heavy atom. The van der Waals surface area contributed by atoms with Crippen molar-refractivity contribution in [2.75, 3.05) is 6.54 Å². The molecule has 1 spiro atoms. The van der Waals surface area contributed by atoms with E-state index in [0.29, 0.717) is 6.54 Å². The van der Waals surface area contributed by atoms with Crippen LogP contribution in [0.1, 0.15) is 46.0 Å². The number of nitrogens with one attached hydrogen (secondary N) is 1. The molecule has 1 N–H and O–H groups in total. The lowest BCUT2D eigenvalue weighted by Crippen LogP contribution is -2.62. The van der Waals surface area contributed by atoms with Crippen molar-refractivity contribution in [1.29, 1.82) is 0 Å². The van der Waals surface area contributed by atoms with Gasteiger partial charge in [0.05, 0.1) is 5.41 Å². The number of nitrogens with zero attached hydrogens (tertiary/aromatic N) is 1. The van der Waals surface area contributed by atoms with Crippen LogP contribution >= 0.6 is 0 Å². The van der Waals surface area contributed by atoms with Crippen LogP contribution in [0.2, 0.25) is 0 Å². The highest BCUT2D eigenvalue weighted by Gasteiger charge is 2.47. The maximum absolute atomic E-state index is 12.4. The topological polar surface area (TPSA) is 49.4 Å². The van der Waals surface area contributed by atoms with Crippen molar-refractivity contribution in [1.82, 2.24) is 10.2 Å². The zero-order valence-electron chi connectivity index (χ0n) is 10.1. The maximum atomic E-state index is 12.4. The first-order chi connectivity index (χ1) is 7.57. The van der Waals surface area contributed by atoms with Gasteiger partial charge in [0, 0.05) is 12.6 Å². The Kier molecular flexibility index (Phi) is 2.91. The van der Waals surface area contributed by atoms with E-state index in [-0.39, 0.29) is 23.4 Å². The minimum Gasteiger partial charge on any atom is -0.337 e. The fourth-order valence-corrected chi connectivity index (χ4v) is 2.84. The molecule has 0 unspecified atom stereocenters. The van der Waals surface area contributed by atoms with Gasteiger partial charge in [-0.25, -0.2) is 4.79 Å². The first-order valence-corrected chi connectivity index (χ1v) is 6.18. The third kappa shape index (κ3) is 1.70. The molecule has 3 amide bonds. The zero-order chi connectivity index (χ0) is 11.8. The van der Waals surface area contributed by atoms with E-state index in [1.54, 1.807) is 0 Å². The first kappa shape index (κ1) is 11.4. The monoisotopic (exact) mass is 224 g/mol. The highest BCUT2D eigenvalue weighted by atomic mass is 16.2. The number of hydrogen-bond acceptors (Lipinski definition) is 2. The Bertz CT molecular complexity index is 306. The fourth-order valence-electron chi connectivity index (χ4n) is 2.84. The normalized spacial score (nSPS) is 25.1. The SMILES string of the molecule is CC(C)N1C(=O)NCC2(CCCCC2)C1=O. The van der Waals surface area contributed by atoms with Crippen molar-refractivity contribution in [2.45, 2.75) is 52.0 Å². The molecule has 16 heavy (non-hydrogen) atoms. The smallest absolute Gasteiger partial charge is 0.324 e. The summed E-state index contributed by atoms with van der Waals surface area (Å²) in [7, 11) is 0. The average molecular weight is 224 g/mol. The maximum Gasteiger partial charge on any atom is 0.324 e. The van der Waals surface area contributed by atoms with Gasteiger partial charge in [0.2, 0.25) is 5.91 Å². The van der Waals surface area contributed by atoms with Crippen LogP contribution in [0.4, 0.5) is 4.79 Å². The minimum atomic E-state index is -0.295. The van der Waals surface area contributed by atoms with Gasteiger partial charge in [-0.2, -0.15) is 0 Å². The predicted molar refractivity (Wildman–Crippen MR) is 60.9 cm³/mol. The molecule has 0 bridgehead atoms. The molecular formula is C12H20N2O2. The molecule has 0 radical (unpaired) electrons. The van der Waals surface area contributed by atoms with Crippen LogP contribution in [-0.2, 0) is 4.79 Å². The number of hydrogen-bond donors (Lipinski definition) is 1. The number of carbonyl (C=O) groups excluding carboxylic acids is 2. The van der Waals surface area contributed by atoms with Gasteiger partial charge in [0.15, 0.2) is 0 Å². The van der Waals surface area contributed by atoms with Crippen molar-refractivity contribution >= 4 is 11.9 Å². The van der Waals surface area contributed by atoms with Crippen molar-refractivity contribution in [2.24, 2.45) is 5.41 Å². The molecule has 1 saturated heterocycles. The van der Waals surface area contributed by atoms with Crippen molar-refractivity contribution in [3.05, 3.63) is 0 Å². The quantitative estimate of drug-likeness (QED) is 0.739. The largest absolute Gasteiger partial charge is 0.337 e. The van der Waals surface area contributed by atoms with Crippen LogP contribution in [0, 0.1) is 5.41 Å². The molecule has 0 aromatic heterocycles. The van der Waals surface area contributed by atoms with Crippen molar-refractivity contribution in [3.63, 3.8) is 0 Å². The molecule has 0 aromatic carbocycles. The molecular weight excluding hydrogens is 204 g/mol. The van der Waals surface area contributed by atoms with E-state index in [9.17, 15) is 9.59 Å². The molecule has 90 valence electrons. The molecule has 0 atom stereocenters. The second-order valence-electron chi connectivity index (χ2n) is 5.27. The minimum absolute atomic E-state index is 0.0472. The Labute approximate surface area is 96.4 Å². The van der Waals surface area contributed by atoms with E-state index >= 15 is 0 Å². The summed E-state index contributed by atoms with van der Waals surface area (Å²) >= 11 is 0. The molecule has 1 aliphatic carbocycles. The molecule has 4 heteroatoms. The van der Waals surface area contributed by atoms with Gasteiger partial charge in [0.1, 0.15) is 0 Å². The second kappa shape index (κ2) is 4.07. The Morgan fingerprint density at radius 2 is 1.81 bits per heavy atom. The van der Waals surface area contributed by atoms with Crippen LogP contribution in [0.25, 0.3) is 0 Å². The van der Waals surface area contributed by atoms with Gasteiger partial charge in [-0.1, -0.05) is 19.3 Å². The number of imide groups is 1. The summed E-state index contributed by atoms with van der Waals surface area (Å²) < 4.78 is 0. The van der Waals surface area contributed by atoms with Crippen LogP contribution in [0.15, 0.2) is 0 Å². The first-order valence-electron chi connectivity index (χ1n) is 6.18. The van der Waals surface area contributed by atoms with E-state index in [4.69, 9.17) is 0 Å². The second-order valence-corrected chi connectivity index (χ2v) is 5.27. The van der Waals surface area contributed by atoms with E-state index < -0.39 is 0 Å². The summed E-state index contributed by atoms with van der Waals surface area (Å²) in [5.41, 5.74) is -0.295. The van der Waals surface area contributed by atoms with Crippen LogP contribution < -0.4 is 5.32 Å². The number of amides is 3. The highest BCUT2D eigenvalue weighted by Crippen LogP contribution is 2.39. The van der Waals surface area contributed by atoms with Gasteiger partial charge in [-0.15, -0.1) is 0 Å². The Morgan fingerprint density at radius 1 is 1.19 bits per heavy atom. The summed E-state index contributed by atoms with van der Waals surface area (Å²) in [6, 6.07) is -0.275. The third-order valence-electron chi connectivity index (χ3n) is 3.80. The molecule has 2 aliphatic rings. The van der Waals surface area contributed by atoms with Crippen molar-refractivity contribution < 1.29 is 9.59 Å². The molecule has 1 heterocycles. The van der Waals surface area contributed by atoms with E-state index in [1.165, 1.54) is 11.3 Å². The summed E-state index contributed by atoms with van der Waals surface area (Å²) in [6.07, 6.45) is 5.27. The average Bonchev–Trinajstić information content (AvgIpc) is 2.26. The third-order valence-corrected chi connectivity index (χ3v) is 3.80. The van der Waals surface area contributed by atoms with E-state index in [0.717, 1.165) is 25.7 Å². The summed E-state index contributed by atoms with van der Waals surface area (Å²) in [6.45, 7) is 4.31.